The standard InChI is InChI=1S/C14H18N2O/c15-9-14(6-2-1-3-7-14)11-4-5-12-13(8-11)17-10-16-12/h4-5,8,10H,1-3,6-7,9,15H2. The van der Waals surface area contributed by atoms with E-state index in [2.05, 4.69) is 17.1 Å². The third-order valence-electron chi connectivity index (χ3n) is 4.15. The molecule has 90 valence electrons. The molecule has 0 amide bonds. The van der Waals surface area contributed by atoms with Crippen molar-refractivity contribution >= 4 is 11.1 Å². The molecule has 3 heteroatoms. The zero-order chi connectivity index (χ0) is 11.7. The van der Waals surface area contributed by atoms with E-state index in [9.17, 15) is 0 Å². The van der Waals surface area contributed by atoms with Crippen molar-refractivity contribution < 1.29 is 4.42 Å². The number of fused-ring (bicyclic) bond motifs is 1. The smallest absolute Gasteiger partial charge is 0.181 e. The third kappa shape index (κ3) is 1.75. The minimum atomic E-state index is 0.166. The molecule has 0 saturated heterocycles. The number of aromatic nitrogens is 1. The van der Waals surface area contributed by atoms with E-state index >= 15 is 0 Å². The second kappa shape index (κ2) is 4.15. The molecule has 1 heterocycles. The van der Waals surface area contributed by atoms with E-state index in [-0.39, 0.29) is 5.41 Å². The van der Waals surface area contributed by atoms with Crippen LogP contribution < -0.4 is 5.73 Å². The normalized spacial score (nSPS) is 19.6. The number of oxazole rings is 1. The Hall–Kier alpha value is -1.35. The summed E-state index contributed by atoms with van der Waals surface area (Å²) < 4.78 is 5.39. The van der Waals surface area contributed by atoms with Crippen molar-refractivity contribution in [2.24, 2.45) is 5.73 Å². The number of hydrogen-bond donors (Lipinski definition) is 1. The molecule has 0 radical (unpaired) electrons. The molecule has 0 unspecified atom stereocenters. The Kier molecular flexibility index (Phi) is 2.63. The highest BCUT2D eigenvalue weighted by molar-refractivity contribution is 5.73. The molecule has 17 heavy (non-hydrogen) atoms. The largest absolute Gasteiger partial charge is 0.443 e. The molecule has 3 rings (SSSR count). The van der Waals surface area contributed by atoms with Gasteiger partial charge in [0.05, 0.1) is 0 Å². The monoisotopic (exact) mass is 230 g/mol. The van der Waals surface area contributed by atoms with Gasteiger partial charge in [0.25, 0.3) is 0 Å². The molecule has 1 aliphatic carbocycles. The first-order valence-electron chi connectivity index (χ1n) is 6.38. The fourth-order valence-electron chi connectivity index (χ4n) is 3.02. The SMILES string of the molecule is NCC1(c2ccc3ncoc3c2)CCCCC1. The lowest BCUT2D eigenvalue weighted by atomic mass is 9.69. The van der Waals surface area contributed by atoms with Crippen LogP contribution in [0.4, 0.5) is 0 Å². The van der Waals surface area contributed by atoms with Crippen molar-refractivity contribution in [2.45, 2.75) is 37.5 Å². The second-order valence-corrected chi connectivity index (χ2v) is 5.08. The lowest BCUT2D eigenvalue weighted by molar-refractivity contribution is 0.301. The van der Waals surface area contributed by atoms with Gasteiger partial charge in [-0.3, -0.25) is 0 Å². The number of nitrogens with zero attached hydrogens (tertiary/aromatic N) is 1. The quantitative estimate of drug-likeness (QED) is 0.862. The Morgan fingerprint density at radius 1 is 1.24 bits per heavy atom. The van der Waals surface area contributed by atoms with Crippen LogP contribution in [0.25, 0.3) is 11.1 Å². The van der Waals surface area contributed by atoms with Crippen LogP contribution in [0.3, 0.4) is 0 Å². The lowest BCUT2D eigenvalue weighted by Gasteiger charge is -2.36. The van der Waals surface area contributed by atoms with E-state index in [0.29, 0.717) is 0 Å². The van der Waals surface area contributed by atoms with Gasteiger partial charge in [0.15, 0.2) is 12.0 Å². The Balaban J connectivity index is 2.04. The number of rotatable bonds is 2. The summed E-state index contributed by atoms with van der Waals surface area (Å²) >= 11 is 0. The van der Waals surface area contributed by atoms with E-state index in [1.54, 1.807) is 0 Å². The maximum Gasteiger partial charge on any atom is 0.181 e. The summed E-state index contributed by atoms with van der Waals surface area (Å²) in [6.45, 7) is 0.729. The van der Waals surface area contributed by atoms with Crippen molar-refractivity contribution in [2.75, 3.05) is 6.54 Å². The predicted molar refractivity (Wildman–Crippen MR) is 67.8 cm³/mol. The van der Waals surface area contributed by atoms with Gasteiger partial charge in [-0.2, -0.15) is 0 Å². The molecule has 0 spiro atoms. The van der Waals surface area contributed by atoms with Gasteiger partial charge < -0.3 is 10.2 Å². The zero-order valence-corrected chi connectivity index (χ0v) is 9.98. The highest BCUT2D eigenvalue weighted by Crippen LogP contribution is 2.39. The van der Waals surface area contributed by atoms with Crippen molar-refractivity contribution in [3.63, 3.8) is 0 Å². The van der Waals surface area contributed by atoms with Gasteiger partial charge in [-0.1, -0.05) is 25.3 Å². The molecule has 1 aromatic carbocycles. The highest BCUT2D eigenvalue weighted by atomic mass is 16.3. The van der Waals surface area contributed by atoms with Crippen molar-refractivity contribution in [1.29, 1.82) is 0 Å². The highest BCUT2D eigenvalue weighted by Gasteiger charge is 2.32. The molecular weight excluding hydrogens is 212 g/mol. The molecule has 2 N–H and O–H groups in total. The fraction of sp³-hybridized carbons (Fsp3) is 0.500. The summed E-state index contributed by atoms with van der Waals surface area (Å²) in [7, 11) is 0. The lowest BCUT2D eigenvalue weighted by Crippen LogP contribution is -2.37. The van der Waals surface area contributed by atoms with Crippen LogP contribution in [-0.4, -0.2) is 11.5 Å². The molecule has 0 bridgehead atoms. The van der Waals surface area contributed by atoms with Crippen LogP contribution in [0.2, 0.25) is 0 Å². The van der Waals surface area contributed by atoms with Crippen LogP contribution in [0, 0.1) is 0 Å². The molecule has 1 saturated carbocycles. The molecule has 1 fully saturated rings. The minimum Gasteiger partial charge on any atom is -0.443 e. The second-order valence-electron chi connectivity index (χ2n) is 5.08. The van der Waals surface area contributed by atoms with Gasteiger partial charge in [0.1, 0.15) is 5.52 Å². The van der Waals surface area contributed by atoms with Gasteiger partial charge in [-0.15, -0.1) is 0 Å². The molecule has 3 nitrogen and oxygen atoms in total. The van der Waals surface area contributed by atoms with Gasteiger partial charge in [-0.05, 0) is 30.5 Å². The molecular formula is C14H18N2O. The summed E-state index contributed by atoms with van der Waals surface area (Å²) in [6.07, 6.45) is 7.81. The predicted octanol–water partition coefficient (Wildman–Crippen LogP) is 2.99. The van der Waals surface area contributed by atoms with Crippen LogP contribution in [0.5, 0.6) is 0 Å². The van der Waals surface area contributed by atoms with Crippen LogP contribution in [0.15, 0.2) is 29.0 Å². The Labute approximate surface area is 101 Å². The first kappa shape index (κ1) is 10.8. The van der Waals surface area contributed by atoms with Gasteiger partial charge in [0.2, 0.25) is 0 Å². The summed E-state index contributed by atoms with van der Waals surface area (Å²) in [4.78, 5) is 4.16. The molecule has 2 aromatic rings. The topological polar surface area (TPSA) is 52.0 Å². The minimum absolute atomic E-state index is 0.166. The molecule has 0 aliphatic heterocycles. The van der Waals surface area contributed by atoms with E-state index in [0.717, 1.165) is 17.6 Å². The first-order valence-corrected chi connectivity index (χ1v) is 6.38. The van der Waals surface area contributed by atoms with Gasteiger partial charge in [-0.25, -0.2) is 4.98 Å². The van der Waals surface area contributed by atoms with Crippen LogP contribution in [-0.2, 0) is 5.41 Å². The van der Waals surface area contributed by atoms with E-state index < -0.39 is 0 Å². The average molecular weight is 230 g/mol. The maximum absolute atomic E-state index is 6.04. The van der Waals surface area contributed by atoms with E-state index in [1.165, 1.54) is 44.1 Å². The Morgan fingerprint density at radius 3 is 2.82 bits per heavy atom. The average Bonchev–Trinajstić information content (AvgIpc) is 2.86. The van der Waals surface area contributed by atoms with Crippen molar-refractivity contribution in [3.8, 4) is 0 Å². The molecule has 1 aliphatic rings. The maximum atomic E-state index is 6.04. The summed E-state index contributed by atoms with van der Waals surface area (Å²) in [5.41, 5.74) is 9.34. The number of hydrogen-bond acceptors (Lipinski definition) is 3. The van der Waals surface area contributed by atoms with Crippen LogP contribution >= 0.6 is 0 Å². The Morgan fingerprint density at radius 2 is 2.06 bits per heavy atom. The van der Waals surface area contributed by atoms with E-state index in [4.69, 9.17) is 10.2 Å². The molecule has 1 aromatic heterocycles. The summed E-state index contributed by atoms with van der Waals surface area (Å²) in [5, 5.41) is 0. The van der Waals surface area contributed by atoms with Crippen molar-refractivity contribution in [3.05, 3.63) is 30.2 Å². The number of benzene rings is 1. The van der Waals surface area contributed by atoms with Gasteiger partial charge >= 0.3 is 0 Å². The fourth-order valence-corrected chi connectivity index (χ4v) is 3.02. The third-order valence-corrected chi connectivity index (χ3v) is 4.15. The van der Waals surface area contributed by atoms with E-state index in [1.807, 2.05) is 6.07 Å². The Bertz CT molecular complexity index is 512. The van der Waals surface area contributed by atoms with Crippen LogP contribution in [0.1, 0.15) is 37.7 Å². The summed E-state index contributed by atoms with van der Waals surface area (Å²) in [6, 6.07) is 6.34. The number of nitrogens with two attached hydrogens (primary N) is 1. The summed E-state index contributed by atoms with van der Waals surface area (Å²) in [5.74, 6) is 0. The zero-order valence-electron chi connectivity index (χ0n) is 9.98. The first-order chi connectivity index (χ1) is 8.34. The molecule has 0 atom stereocenters. The van der Waals surface area contributed by atoms with Crippen molar-refractivity contribution in [1.82, 2.24) is 4.98 Å². The van der Waals surface area contributed by atoms with Gasteiger partial charge in [0, 0.05) is 12.0 Å².